The average molecular weight is 487 g/mol. The number of fused-ring (bicyclic) bond motifs is 5. The highest BCUT2D eigenvalue weighted by molar-refractivity contribution is 5.91. The smallest absolute Gasteiger partial charge is 0.328 e. The minimum atomic E-state index is -0.595. The first-order valence-corrected chi connectivity index (χ1v) is 13.8. The van der Waals surface area contributed by atoms with Crippen molar-refractivity contribution in [2.75, 3.05) is 20.6 Å². The third-order valence-corrected chi connectivity index (χ3v) is 9.92. The fourth-order valence-electron chi connectivity index (χ4n) is 8.14. The molecule has 0 bridgehead atoms. The van der Waals surface area contributed by atoms with Crippen LogP contribution in [0, 0.1) is 34.5 Å². The number of carbonyl (C=O) groups excluding carboxylic acids is 3. The van der Waals surface area contributed by atoms with E-state index in [-0.39, 0.29) is 41.3 Å². The lowest BCUT2D eigenvalue weighted by Crippen LogP contribution is -2.52. The van der Waals surface area contributed by atoms with Crippen LogP contribution in [0.3, 0.4) is 0 Å². The second-order valence-electron chi connectivity index (χ2n) is 13.0. The van der Waals surface area contributed by atoms with Gasteiger partial charge in [-0.15, -0.1) is 0 Å². The van der Waals surface area contributed by atoms with E-state index in [1.165, 1.54) is 5.57 Å². The van der Waals surface area contributed by atoms with E-state index in [1.807, 2.05) is 25.1 Å². The lowest BCUT2D eigenvalue weighted by Gasteiger charge is -2.57. The summed E-state index contributed by atoms with van der Waals surface area (Å²) in [5.41, 5.74) is 1.55. The van der Waals surface area contributed by atoms with E-state index >= 15 is 0 Å². The number of hydrogen-bond donors (Lipinski definition) is 1. The van der Waals surface area contributed by atoms with Crippen LogP contribution in [0.25, 0.3) is 0 Å². The quantitative estimate of drug-likeness (QED) is 0.536. The van der Waals surface area contributed by atoms with Gasteiger partial charge in [-0.05, 0) is 101 Å². The van der Waals surface area contributed by atoms with Gasteiger partial charge in [0.1, 0.15) is 12.1 Å². The van der Waals surface area contributed by atoms with Crippen molar-refractivity contribution >= 4 is 17.7 Å². The number of esters is 1. The molecule has 7 atom stereocenters. The van der Waals surface area contributed by atoms with Crippen LogP contribution >= 0.6 is 0 Å². The maximum absolute atomic E-state index is 13.3. The number of ether oxygens (including phenoxy) is 1. The molecule has 1 amide bonds. The third-order valence-electron chi connectivity index (χ3n) is 9.92. The summed E-state index contributed by atoms with van der Waals surface area (Å²) in [5, 5.41) is 2.93. The lowest BCUT2D eigenvalue weighted by molar-refractivity contribution is -0.163. The van der Waals surface area contributed by atoms with Crippen molar-refractivity contribution in [1.29, 1.82) is 0 Å². The number of carbonyl (C=O) groups is 3. The Morgan fingerprint density at radius 2 is 1.83 bits per heavy atom. The Morgan fingerprint density at radius 3 is 2.51 bits per heavy atom. The van der Waals surface area contributed by atoms with Gasteiger partial charge in [-0.3, -0.25) is 9.59 Å². The highest BCUT2D eigenvalue weighted by Gasteiger charge is 2.60. The summed E-state index contributed by atoms with van der Waals surface area (Å²) >= 11 is 0. The van der Waals surface area contributed by atoms with Gasteiger partial charge < -0.3 is 15.0 Å². The first-order chi connectivity index (χ1) is 16.4. The van der Waals surface area contributed by atoms with Gasteiger partial charge in [-0.1, -0.05) is 33.3 Å². The summed E-state index contributed by atoms with van der Waals surface area (Å²) in [6.45, 7) is 9.15. The van der Waals surface area contributed by atoms with Crippen LogP contribution in [0.2, 0.25) is 0 Å². The summed E-state index contributed by atoms with van der Waals surface area (Å²) in [5.74, 6) is 1.99. The number of rotatable bonds is 7. The number of nitrogens with zero attached hydrogens (tertiary/aromatic N) is 1. The molecule has 0 unspecified atom stereocenters. The van der Waals surface area contributed by atoms with E-state index in [1.54, 1.807) is 0 Å². The van der Waals surface area contributed by atoms with E-state index in [2.05, 4.69) is 33.0 Å². The van der Waals surface area contributed by atoms with Crippen LogP contribution in [0.4, 0.5) is 0 Å². The highest BCUT2D eigenvalue weighted by atomic mass is 16.5. The van der Waals surface area contributed by atoms with Gasteiger partial charge in [0.15, 0.2) is 5.78 Å². The maximum atomic E-state index is 13.3. The van der Waals surface area contributed by atoms with Gasteiger partial charge in [-0.25, -0.2) is 4.79 Å². The Balaban J connectivity index is 1.46. The van der Waals surface area contributed by atoms with Crippen molar-refractivity contribution < 1.29 is 19.1 Å². The number of ketones is 1. The second kappa shape index (κ2) is 9.99. The molecular formula is C29H46N2O4. The Morgan fingerprint density at radius 1 is 1.09 bits per heavy atom. The molecule has 0 aliphatic heterocycles. The fraction of sp³-hybridized carbons (Fsp3) is 0.828. The van der Waals surface area contributed by atoms with Crippen LogP contribution in [0.5, 0.6) is 0 Å². The number of allylic oxidation sites excluding steroid dienone is 1. The molecule has 0 heterocycles. The summed E-state index contributed by atoms with van der Waals surface area (Å²) in [6.07, 6.45) is 10.5. The largest absolute Gasteiger partial charge is 0.460 e. The monoisotopic (exact) mass is 486 g/mol. The van der Waals surface area contributed by atoms with Crippen LogP contribution < -0.4 is 5.32 Å². The molecule has 0 aromatic heterocycles. The summed E-state index contributed by atoms with van der Waals surface area (Å²) in [4.78, 5) is 39.6. The second-order valence-corrected chi connectivity index (χ2v) is 13.0. The van der Waals surface area contributed by atoms with Crippen LogP contribution in [-0.2, 0) is 19.1 Å². The van der Waals surface area contributed by atoms with Crippen LogP contribution in [-0.4, -0.2) is 55.3 Å². The van der Waals surface area contributed by atoms with Gasteiger partial charge >= 0.3 is 5.97 Å². The predicted molar refractivity (Wildman–Crippen MR) is 137 cm³/mol. The van der Waals surface area contributed by atoms with E-state index in [0.29, 0.717) is 36.4 Å². The van der Waals surface area contributed by atoms with Crippen LogP contribution in [0.1, 0.15) is 85.5 Å². The highest BCUT2D eigenvalue weighted by Crippen LogP contribution is 2.65. The molecule has 1 N–H and O–H groups in total. The molecule has 35 heavy (non-hydrogen) atoms. The van der Waals surface area contributed by atoms with E-state index in [0.717, 1.165) is 44.9 Å². The number of nitrogens with one attached hydrogen (secondary N) is 1. The summed E-state index contributed by atoms with van der Waals surface area (Å²) in [7, 11) is 3.70. The summed E-state index contributed by atoms with van der Waals surface area (Å²) < 4.78 is 6.25. The van der Waals surface area contributed by atoms with Crippen molar-refractivity contribution in [2.24, 2.45) is 34.5 Å². The van der Waals surface area contributed by atoms with Gasteiger partial charge in [0.25, 0.3) is 0 Å². The molecule has 0 aromatic carbocycles. The van der Waals surface area contributed by atoms with Crippen molar-refractivity contribution in [3.63, 3.8) is 0 Å². The molecule has 0 radical (unpaired) electrons. The maximum Gasteiger partial charge on any atom is 0.328 e. The SMILES string of the molecule is CC(C)C[C@H](NC(=O)CN(C)C)C(=O)O[C@H]1CC[C@H]2[C@@H]3CCC4=CC(=O)CC[C@]4(C)[C@H]3CC[C@]12C. The van der Waals surface area contributed by atoms with Crippen molar-refractivity contribution in [1.82, 2.24) is 10.2 Å². The van der Waals surface area contributed by atoms with Crippen LogP contribution in [0.15, 0.2) is 11.6 Å². The minimum Gasteiger partial charge on any atom is -0.460 e. The standard InChI is InChI=1S/C29H46N2O4/c1-18(2)15-24(30-26(33)17-31(5)6)27(34)35-25-10-9-22-21-8-7-19-16-20(32)11-13-28(19,3)23(21)12-14-29(22,25)4/h16,18,21-25H,7-15,17H2,1-6H3,(H,30,33)/t21-,22-,23-,24-,25-,28-,29-/m0/s1. The number of likely N-dealkylation sites (N-methyl/N-ethyl adjacent to an activating group) is 1. The zero-order valence-corrected chi connectivity index (χ0v) is 22.7. The number of hydrogen-bond acceptors (Lipinski definition) is 5. The van der Waals surface area contributed by atoms with E-state index in [4.69, 9.17) is 4.74 Å². The Bertz CT molecular complexity index is 880. The summed E-state index contributed by atoms with van der Waals surface area (Å²) in [6, 6.07) is -0.595. The third kappa shape index (κ3) is 5.10. The van der Waals surface area contributed by atoms with Gasteiger partial charge in [0, 0.05) is 11.8 Å². The molecule has 6 nitrogen and oxygen atoms in total. The normalized spacial score (nSPS) is 37.3. The van der Waals surface area contributed by atoms with Crippen molar-refractivity contribution in [3.05, 3.63) is 11.6 Å². The molecule has 4 rings (SSSR count). The molecule has 3 saturated carbocycles. The van der Waals surface area contributed by atoms with E-state index < -0.39 is 6.04 Å². The lowest BCUT2D eigenvalue weighted by atomic mass is 9.47. The zero-order chi connectivity index (χ0) is 25.5. The molecule has 3 fully saturated rings. The first-order valence-electron chi connectivity index (χ1n) is 13.8. The number of amides is 1. The zero-order valence-electron chi connectivity index (χ0n) is 22.7. The molecule has 4 aliphatic rings. The average Bonchev–Trinajstić information content (AvgIpc) is 3.09. The van der Waals surface area contributed by atoms with Crippen molar-refractivity contribution in [2.45, 2.75) is 97.6 Å². The fourth-order valence-corrected chi connectivity index (χ4v) is 8.14. The first kappa shape index (κ1) is 26.4. The van der Waals surface area contributed by atoms with Gasteiger partial charge in [0.05, 0.1) is 6.54 Å². The molecule has 0 aromatic rings. The van der Waals surface area contributed by atoms with Gasteiger partial charge in [0.2, 0.25) is 5.91 Å². The molecule has 196 valence electrons. The minimum absolute atomic E-state index is 0.00504. The molecule has 4 aliphatic carbocycles. The molecule has 6 heteroatoms. The van der Waals surface area contributed by atoms with Gasteiger partial charge in [-0.2, -0.15) is 0 Å². The topological polar surface area (TPSA) is 75.7 Å². The molecular weight excluding hydrogens is 440 g/mol. The Labute approximate surface area is 211 Å². The predicted octanol–water partition coefficient (Wildman–Crippen LogP) is 4.52. The molecule has 0 spiro atoms. The molecule has 0 saturated heterocycles. The Hall–Kier alpha value is -1.69. The Kier molecular flexibility index (Phi) is 7.53. The van der Waals surface area contributed by atoms with Crippen molar-refractivity contribution in [3.8, 4) is 0 Å². The van der Waals surface area contributed by atoms with E-state index in [9.17, 15) is 14.4 Å².